The quantitative estimate of drug-likeness (QED) is 0.670. The van der Waals surface area contributed by atoms with Gasteiger partial charge in [0.1, 0.15) is 0 Å². The van der Waals surface area contributed by atoms with Crippen molar-refractivity contribution in [3.8, 4) is 5.69 Å². The minimum absolute atomic E-state index is 0.0278. The molecule has 2 aromatic carbocycles. The first-order chi connectivity index (χ1) is 14.0. The van der Waals surface area contributed by atoms with Crippen molar-refractivity contribution in [2.24, 2.45) is 5.73 Å². The predicted octanol–water partition coefficient (Wildman–Crippen LogP) is 2.87. The summed E-state index contributed by atoms with van der Waals surface area (Å²) >= 11 is 6.01. The first-order valence-electron chi connectivity index (χ1n) is 9.26. The molecule has 0 spiro atoms. The zero-order chi connectivity index (χ0) is 20.4. The summed E-state index contributed by atoms with van der Waals surface area (Å²) in [4.78, 5) is 25.5. The SMILES string of the molecule is NC(=O)c1nnn(-c2ccc(NC(=O)C3(c4ccc(Cl)cc4)CCCC3)cc2)n1. The number of halogens is 1. The average molecular weight is 411 g/mol. The lowest BCUT2D eigenvalue weighted by Crippen LogP contribution is -2.37. The van der Waals surface area contributed by atoms with Crippen LogP contribution in [0.1, 0.15) is 41.9 Å². The van der Waals surface area contributed by atoms with Gasteiger partial charge in [0.2, 0.25) is 5.91 Å². The summed E-state index contributed by atoms with van der Waals surface area (Å²) in [5, 5.41) is 15.0. The van der Waals surface area contributed by atoms with Crippen LogP contribution in [-0.2, 0) is 10.2 Å². The Labute approximate surface area is 172 Å². The third kappa shape index (κ3) is 3.71. The van der Waals surface area contributed by atoms with E-state index in [1.807, 2.05) is 24.3 Å². The molecule has 0 saturated heterocycles. The molecule has 1 aliphatic rings. The van der Waals surface area contributed by atoms with Gasteiger partial charge in [0.05, 0.1) is 11.1 Å². The zero-order valence-electron chi connectivity index (χ0n) is 15.5. The van der Waals surface area contributed by atoms with E-state index in [0.29, 0.717) is 16.4 Å². The second-order valence-corrected chi connectivity index (χ2v) is 7.50. The van der Waals surface area contributed by atoms with Crippen molar-refractivity contribution in [3.63, 3.8) is 0 Å². The summed E-state index contributed by atoms with van der Waals surface area (Å²) in [6.07, 6.45) is 3.62. The molecule has 0 bridgehead atoms. The van der Waals surface area contributed by atoms with Crippen LogP contribution in [0, 0.1) is 0 Å². The van der Waals surface area contributed by atoms with Gasteiger partial charge < -0.3 is 11.1 Å². The highest BCUT2D eigenvalue weighted by molar-refractivity contribution is 6.30. The molecule has 1 heterocycles. The summed E-state index contributed by atoms with van der Waals surface area (Å²) in [7, 11) is 0. The number of hydrogen-bond donors (Lipinski definition) is 2. The van der Waals surface area contributed by atoms with Crippen LogP contribution >= 0.6 is 11.6 Å². The molecule has 148 valence electrons. The van der Waals surface area contributed by atoms with Crippen LogP contribution in [0.2, 0.25) is 5.02 Å². The van der Waals surface area contributed by atoms with Crippen molar-refractivity contribution < 1.29 is 9.59 Å². The fourth-order valence-electron chi connectivity index (χ4n) is 3.75. The van der Waals surface area contributed by atoms with Crippen LogP contribution in [0.25, 0.3) is 5.69 Å². The molecule has 29 heavy (non-hydrogen) atoms. The van der Waals surface area contributed by atoms with Crippen LogP contribution < -0.4 is 11.1 Å². The number of nitrogens with zero attached hydrogens (tertiary/aromatic N) is 4. The summed E-state index contributed by atoms with van der Waals surface area (Å²) in [5.41, 5.74) is 6.83. The Morgan fingerprint density at radius 1 is 1.03 bits per heavy atom. The molecule has 0 atom stereocenters. The zero-order valence-corrected chi connectivity index (χ0v) is 16.3. The van der Waals surface area contributed by atoms with E-state index < -0.39 is 11.3 Å². The van der Waals surface area contributed by atoms with Crippen LogP contribution in [0.15, 0.2) is 48.5 Å². The van der Waals surface area contributed by atoms with Gasteiger partial charge in [0.25, 0.3) is 11.7 Å². The third-order valence-electron chi connectivity index (χ3n) is 5.28. The molecule has 8 nitrogen and oxygen atoms in total. The van der Waals surface area contributed by atoms with E-state index in [1.54, 1.807) is 24.3 Å². The van der Waals surface area contributed by atoms with Gasteiger partial charge in [-0.3, -0.25) is 9.59 Å². The number of tetrazole rings is 1. The minimum Gasteiger partial charge on any atom is -0.363 e. The number of primary amides is 1. The third-order valence-corrected chi connectivity index (χ3v) is 5.53. The molecule has 0 radical (unpaired) electrons. The molecule has 0 unspecified atom stereocenters. The summed E-state index contributed by atoms with van der Waals surface area (Å²) < 4.78 is 0. The highest BCUT2D eigenvalue weighted by atomic mass is 35.5. The van der Waals surface area contributed by atoms with E-state index in [9.17, 15) is 9.59 Å². The lowest BCUT2D eigenvalue weighted by atomic mass is 9.78. The molecule has 2 amide bonds. The Kier molecular flexibility index (Phi) is 5.02. The number of nitrogens with one attached hydrogen (secondary N) is 1. The maximum Gasteiger partial charge on any atom is 0.290 e. The Morgan fingerprint density at radius 3 is 2.28 bits per heavy atom. The molecule has 3 N–H and O–H groups in total. The van der Waals surface area contributed by atoms with Crippen LogP contribution in [0.5, 0.6) is 0 Å². The predicted molar refractivity (Wildman–Crippen MR) is 108 cm³/mol. The van der Waals surface area contributed by atoms with Crippen LogP contribution in [0.4, 0.5) is 5.69 Å². The molecule has 3 aromatic rings. The molecule has 1 aromatic heterocycles. The van der Waals surface area contributed by atoms with E-state index in [4.69, 9.17) is 17.3 Å². The van der Waals surface area contributed by atoms with Gasteiger partial charge in [-0.15, -0.1) is 15.0 Å². The maximum absolute atomic E-state index is 13.2. The molecule has 1 fully saturated rings. The van der Waals surface area contributed by atoms with Gasteiger partial charge in [0.15, 0.2) is 0 Å². The standard InChI is InChI=1S/C20H19ClN6O2/c21-14-5-3-13(4-6-14)20(11-1-2-12-20)19(29)23-15-7-9-16(10-8-15)27-25-18(17(22)28)24-26-27/h3-10H,1-2,11-12H2,(H2,22,28)(H,23,29). The largest absolute Gasteiger partial charge is 0.363 e. The molecule has 1 saturated carbocycles. The van der Waals surface area contributed by atoms with Crippen molar-refractivity contribution in [2.75, 3.05) is 5.32 Å². The van der Waals surface area contributed by atoms with Gasteiger partial charge >= 0.3 is 0 Å². The van der Waals surface area contributed by atoms with Gasteiger partial charge in [-0.1, -0.05) is 36.6 Å². The van der Waals surface area contributed by atoms with Crippen molar-refractivity contribution in [1.82, 2.24) is 20.2 Å². The van der Waals surface area contributed by atoms with E-state index in [1.165, 1.54) is 4.80 Å². The summed E-state index contributed by atoms with van der Waals surface area (Å²) in [6, 6.07) is 14.5. The van der Waals surface area contributed by atoms with Gasteiger partial charge in [0, 0.05) is 10.7 Å². The van der Waals surface area contributed by atoms with E-state index in [-0.39, 0.29) is 11.7 Å². The smallest absolute Gasteiger partial charge is 0.290 e. The maximum atomic E-state index is 13.2. The normalized spacial score (nSPS) is 15.2. The fourth-order valence-corrected chi connectivity index (χ4v) is 3.87. The number of nitrogens with two attached hydrogens (primary N) is 1. The first kappa shape index (κ1) is 19.1. The lowest BCUT2D eigenvalue weighted by Gasteiger charge is -2.28. The summed E-state index contributed by atoms with van der Waals surface area (Å²) in [6.45, 7) is 0. The molecule has 4 rings (SSSR count). The number of amides is 2. The van der Waals surface area contributed by atoms with Crippen molar-refractivity contribution in [1.29, 1.82) is 0 Å². The number of anilines is 1. The molecular weight excluding hydrogens is 392 g/mol. The molecule has 0 aliphatic heterocycles. The van der Waals surface area contributed by atoms with Gasteiger partial charge in [-0.2, -0.15) is 0 Å². The highest BCUT2D eigenvalue weighted by Gasteiger charge is 2.42. The van der Waals surface area contributed by atoms with Crippen LogP contribution in [-0.4, -0.2) is 32.0 Å². The number of benzene rings is 2. The monoisotopic (exact) mass is 410 g/mol. The summed E-state index contributed by atoms with van der Waals surface area (Å²) in [5.74, 6) is -0.933. The Morgan fingerprint density at radius 2 is 1.69 bits per heavy atom. The van der Waals surface area contributed by atoms with E-state index >= 15 is 0 Å². The number of aromatic nitrogens is 4. The van der Waals surface area contributed by atoms with E-state index in [0.717, 1.165) is 31.2 Å². The second-order valence-electron chi connectivity index (χ2n) is 7.06. The van der Waals surface area contributed by atoms with Gasteiger partial charge in [-0.25, -0.2) is 0 Å². The lowest BCUT2D eigenvalue weighted by molar-refractivity contribution is -0.121. The molecule has 9 heteroatoms. The number of carbonyl (C=O) groups excluding carboxylic acids is 2. The number of hydrogen-bond acceptors (Lipinski definition) is 5. The topological polar surface area (TPSA) is 116 Å². The highest BCUT2D eigenvalue weighted by Crippen LogP contribution is 2.42. The molecular formula is C20H19ClN6O2. The van der Waals surface area contributed by atoms with Crippen molar-refractivity contribution >= 4 is 29.1 Å². The van der Waals surface area contributed by atoms with Crippen LogP contribution in [0.3, 0.4) is 0 Å². The van der Waals surface area contributed by atoms with E-state index in [2.05, 4.69) is 20.7 Å². The van der Waals surface area contributed by atoms with Gasteiger partial charge in [-0.05, 0) is 60.0 Å². The average Bonchev–Trinajstić information content (AvgIpc) is 3.40. The number of rotatable bonds is 5. The van der Waals surface area contributed by atoms with Crippen molar-refractivity contribution in [2.45, 2.75) is 31.1 Å². The number of carbonyl (C=O) groups is 2. The minimum atomic E-state index is -0.746. The second kappa shape index (κ2) is 7.63. The Bertz CT molecular complexity index is 1040. The fraction of sp³-hybridized carbons (Fsp3) is 0.250. The molecule has 1 aliphatic carbocycles. The Hall–Kier alpha value is -3.26. The van der Waals surface area contributed by atoms with Crippen molar-refractivity contribution in [3.05, 3.63) is 64.9 Å². The Balaban J connectivity index is 1.54. The first-order valence-corrected chi connectivity index (χ1v) is 9.63.